The lowest BCUT2D eigenvalue weighted by Gasteiger charge is -2.13. The highest BCUT2D eigenvalue weighted by Gasteiger charge is 2.14. The van der Waals surface area contributed by atoms with E-state index in [1.807, 2.05) is 31.2 Å². The van der Waals surface area contributed by atoms with Crippen molar-refractivity contribution in [3.63, 3.8) is 0 Å². The highest BCUT2D eigenvalue weighted by molar-refractivity contribution is 5.82. The molecule has 1 amide bonds. The van der Waals surface area contributed by atoms with Gasteiger partial charge in [-0.1, -0.05) is 29.8 Å². The number of aliphatic hydroxyl groups is 1. The molecular formula is C13H20N2O2. The van der Waals surface area contributed by atoms with Gasteiger partial charge in [0.2, 0.25) is 5.91 Å². The van der Waals surface area contributed by atoms with Crippen molar-refractivity contribution in [2.45, 2.75) is 32.4 Å². The van der Waals surface area contributed by atoms with Crippen LogP contribution in [0.4, 0.5) is 0 Å². The fraction of sp³-hybridized carbons (Fsp3) is 0.462. The Morgan fingerprint density at radius 1 is 1.41 bits per heavy atom. The second kappa shape index (κ2) is 6.37. The summed E-state index contributed by atoms with van der Waals surface area (Å²) in [6.07, 6.45) is 0.123. The zero-order valence-corrected chi connectivity index (χ0v) is 10.3. The number of hydrogen-bond acceptors (Lipinski definition) is 3. The van der Waals surface area contributed by atoms with E-state index in [-0.39, 0.29) is 5.91 Å². The molecule has 0 saturated carbocycles. The summed E-state index contributed by atoms with van der Waals surface area (Å²) in [6, 6.07) is 6.92. The lowest BCUT2D eigenvalue weighted by molar-refractivity contribution is -0.122. The number of aliphatic hydroxyl groups excluding tert-OH is 1. The van der Waals surface area contributed by atoms with Gasteiger partial charge >= 0.3 is 0 Å². The number of benzene rings is 1. The van der Waals surface area contributed by atoms with Gasteiger partial charge in [0, 0.05) is 6.54 Å². The van der Waals surface area contributed by atoms with Crippen molar-refractivity contribution in [1.29, 1.82) is 0 Å². The van der Waals surface area contributed by atoms with Gasteiger partial charge in [-0.25, -0.2) is 0 Å². The molecule has 0 aromatic heterocycles. The second-order valence-electron chi connectivity index (χ2n) is 4.32. The molecule has 0 aliphatic carbocycles. The molecular weight excluding hydrogens is 216 g/mol. The molecule has 2 atom stereocenters. The van der Waals surface area contributed by atoms with Crippen LogP contribution in [-0.4, -0.2) is 23.7 Å². The predicted octanol–water partition coefficient (Wildman–Crippen LogP) is 0.882. The summed E-state index contributed by atoms with van der Waals surface area (Å²) in [4.78, 5) is 11.7. The molecule has 1 aromatic carbocycles. The lowest BCUT2D eigenvalue weighted by atomic mass is 10.1. The normalized spacial score (nSPS) is 14.1. The van der Waals surface area contributed by atoms with Crippen LogP contribution in [0.1, 0.15) is 30.5 Å². The third kappa shape index (κ3) is 4.54. The first-order valence-electron chi connectivity index (χ1n) is 5.78. The standard InChI is InChI=1S/C13H20N2O2/c1-9-3-5-11(6-4-9)12(14)13(17)15-8-7-10(2)16/h3-6,10,12,16H,7-8,14H2,1-2H3,(H,15,17). The van der Waals surface area contributed by atoms with Crippen molar-refractivity contribution in [2.24, 2.45) is 5.73 Å². The van der Waals surface area contributed by atoms with E-state index in [9.17, 15) is 4.79 Å². The molecule has 94 valence electrons. The molecule has 4 nitrogen and oxygen atoms in total. The number of rotatable bonds is 5. The predicted molar refractivity (Wildman–Crippen MR) is 67.4 cm³/mol. The maximum atomic E-state index is 11.7. The third-order valence-electron chi connectivity index (χ3n) is 2.58. The quantitative estimate of drug-likeness (QED) is 0.710. The van der Waals surface area contributed by atoms with Gasteiger partial charge in [0.15, 0.2) is 0 Å². The van der Waals surface area contributed by atoms with Crippen LogP contribution in [0.2, 0.25) is 0 Å². The van der Waals surface area contributed by atoms with Crippen molar-refractivity contribution < 1.29 is 9.90 Å². The molecule has 17 heavy (non-hydrogen) atoms. The maximum Gasteiger partial charge on any atom is 0.241 e. The summed E-state index contributed by atoms with van der Waals surface area (Å²) >= 11 is 0. The summed E-state index contributed by atoms with van der Waals surface area (Å²) in [7, 11) is 0. The molecule has 0 bridgehead atoms. The number of nitrogens with two attached hydrogens (primary N) is 1. The third-order valence-corrected chi connectivity index (χ3v) is 2.58. The van der Waals surface area contributed by atoms with Crippen LogP contribution in [0.5, 0.6) is 0 Å². The summed E-state index contributed by atoms with van der Waals surface area (Å²) in [5.41, 5.74) is 7.76. The SMILES string of the molecule is Cc1ccc(C(N)C(=O)NCCC(C)O)cc1. The fourth-order valence-corrected chi connectivity index (χ4v) is 1.44. The van der Waals surface area contributed by atoms with Gasteiger partial charge in [-0.2, -0.15) is 0 Å². The zero-order valence-electron chi connectivity index (χ0n) is 10.3. The maximum absolute atomic E-state index is 11.7. The van der Waals surface area contributed by atoms with Crippen LogP contribution < -0.4 is 11.1 Å². The summed E-state index contributed by atoms with van der Waals surface area (Å²) in [5, 5.41) is 11.8. The molecule has 0 spiro atoms. The molecule has 1 aromatic rings. The Kier molecular flexibility index (Phi) is 5.12. The molecule has 0 saturated heterocycles. The topological polar surface area (TPSA) is 75.4 Å². The Hall–Kier alpha value is -1.39. The minimum atomic E-state index is -0.649. The molecule has 0 aliphatic rings. The zero-order chi connectivity index (χ0) is 12.8. The number of aryl methyl sites for hydroxylation is 1. The Morgan fingerprint density at radius 3 is 2.53 bits per heavy atom. The van der Waals surface area contributed by atoms with E-state index in [2.05, 4.69) is 5.32 Å². The van der Waals surface area contributed by atoms with Crippen LogP contribution in [0.15, 0.2) is 24.3 Å². The van der Waals surface area contributed by atoms with Crippen molar-refractivity contribution >= 4 is 5.91 Å². The van der Waals surface area contributed by atoms with E-state index >= 15 is 0 Å². The van der Waals surface area contributed by atoms with E-state index in [1.165, 1.54) is 0 Å². The van der Waals surface area contributed by atoms with Crippen LogP contribution in [0.3, 0.4) is 0 Å². The highest BCUT2D eigenvalue weighted by atomic mass is 16.3. The van der Waals surface area contributed by atoms with Crippen LogP contribution in [-0.2, 0) is 4.79 Å². The summed E-state index contributed by atoms with van der Waals surface area (Å²) in [6.45, 7) is 4.11. The second-order valence-corrected chi connectivity index (χ2v) is 4.32. The first-order valence-corrected chi connectivity index (χ1v) is 5.78. The Labute approximate surface area is 102 Å². The highest BCUT2D eigenvalue weighted by Crippen LogP contribution is 2.11. The van der Waals surface area contributed by atoms with E-state index in [4.69, 9.17) is 10.8 Å². The van der Waals surface area contributed by atoms with Crippen molar-refractivity contribution in [3.05, 3.63) is 35.4 Å². The summed E-state index contributed by atoms with van der Waals surface area (Å²) < 4.78 is 0. The molecule has 0 aliphatic heterocycles. The number of carbonyl (C=O) groups is 1. The molecule has 4 heteroatoms. The molecule has 2 unspecified atom stereocenters. The van der Waals surface area contributed by atoms with E-state index in [0.29, 0.717) is 13.0 Å². The summed E-state index contributed by atoms with van der Waals surface area (Å²) in [5.74, 6) is -0.213. The molecule has 1 rings (SSSR count). The molecule has 0 heterocycles. The van der Waals surface area contributed by atoms with Gasteiger partial charge in [0.05, 0.1) is 6.10 Å². The minimum absolute atomic E-state index is 0.213. The lowest BCUT2D eigenvalue weighted by Crippen LogP contribution is -2.35. The van der Waals surface area contributed by atoms with Crippen LogP contribution in [0.25, 0.3) is 0 Å². The van der Waals surface area contributed by atoms with Crippen LogP contribution >= 0.6 is 0 Å². The average molecular weight is 236 g/mol. The van der Waals surface area contributed by atoms with Crippen molar-refractivity contribution in [2.75, 3.05) is 6.54 Å². The minimum Gasteiger partial charge on any atom is -0.393 e. The van der Waals surface area contributed by atoms with Gasteiger partial charge < -0.3 is 16.2 Å². The van der Waals surface area contributed by atoms with E-state index in [0.717, 1.165) is 11.1 Å². The number of amides is 1. The fourth-order valence-electron chi connectivity index (χ4n) is 1.44. The Morgan fingerprint density at radius 2 is 2.00 bits per heavy atom. The van der Waals surface area contributed by atoms with E-state index in [1.54, 1.807) is 6.92 Å². The first kappa shape index (κ1) is 13.7. The smallest absolute Gasteiger partial charge is 0.241 e. The largest absolute Gasteiger partial charge is 0.393 e. The van der Waals surface area contributed by atoms with Crippen molar-refractivity contribution in [1.82, 2.24) is 5.32 Å². The molecule has 4 N–H and O–H groups in total. The average Bonchev–Trinajstić information content (AvgIpc) is 2.28. The van der Waals surface area contributed by atoms with Gasteiger partial charge in [0.25, 0.3) is 0 Å². The monoisotopic (exact) mass is 236 g/mol. The van der Waals surface area contributed by atoms with Gasteiger partial charge in [-0.15, -0.1) is 0 Å². The van der Waals surface area contributed by atoms with E-state index < -0.39 is 12.1 Å². The number of nitrogens with one attached hydrogen (secondary N) is 1. The Bertz CT molecular complexity index is 360. The Balaban J connectivity index is 2.49. The number of carbonyl (C=O) groups excluding carboxylic acids is 1. The molecule has 0 radical (unpaired) electrons. The van der Waals surface area contributed by atoms with Gasteiger partial charge in [-0.05, 0) is 25.8 Å². The first-order chi connectivity index (χ1) is 8.00. The van der Waals surface area contributed by atoms with Gasteiger partial charge in [0.1, 0.15) is 6.04 Å². The molecule has 0 fully saturated rings. The number of hydrogen-bond donors (Lipinski definition) is 3. The van der Waals surface area contributed by atoms with Crippen molar-refractivity contribution in [3.8, 4) is 0 Å². The van der Waals surface area contributed by atoms with Crippen LogP contribution in [0, 0.1) is 6.92 Å². The van der Waals surface area contributed by atoms with Gasteiger partial charge in [-0.3, -0.25) is 4.79 Å².